The Morgan fingerprint density at radius 3 is 2.43 bits per heavy atom. The molecule has 1 aliphatic rings. The molecule has 4 rings (SSSR count). The minimum atomic E-state index is -4.04. The molecule has 182 valence electrons. The molecule has 0 unspecified atom stereocenters. The number of rotatable bonds is 7. The minimum Gasteiger partial charge on any atom is -0.397 e. The third kappa shape index (κ3) is 5.31. The number of para-hydroxylation sites is 1. The van der Waals surface area contributed by atoms with E-state index >= 15 is 0 Å². The molecule has 12 heteroatoms. The van der Waals surface area contributed by atoms with Crippen molar-refractivity contribution in [2.75, 3.05) is 33.8 Å². The minimum absolute atomic E-state index is 0.0431. The number of amides is 1. The summed E-state index contributed by atoms with van der Waals surface area (Å²) >= 11 is 6.04. The molecule has 3 aromatic rings. The van der Waals surface area contributed by atoms with Crippen molar-refractivity contribution in [3.8, 4) is 0 Å². The summed E-state index contributed by atoms with van der Waals surface area (Å²) in [4.78, 5) is 25.8. The standard InChI is InChI=1S/C23H22ClN5O5S/c24-17-5-1-2-6-19(17)27-35(33,34)16-8-9-18(25)20(14-16)26-23(30)15-7-10-21(22(13-15)29(31)32)28-11-3-4-12-28/h1-2,5-10,13-14,27H,3-4,11-12,25H2,(H,26,30). The highest BCUT2D eigenvalue weighted by Crippen LogP contribution is 2.32. The summed E-state index contributed by atoms with van der Waals surface area (Å²) in [5.41, 5.74) is 6.65. The highest BCUT2D eigenvalue weighted by molar-refractivity contribution is 7.92. The molecular weight excluding hydrogens is 494 g/mol. The Morgan fingerprint density at radius 1 is 1.03 bits per heavy atom. The summed E-state index contributed by atoms with van der Waals surface area (Å²) in [7, 11) is -4.04. The number of nitrogens with zero attached hydrogens (tertiary/aromatic N) is 2. The number of carbonyl (C=O) groups excluding carboxylic acids is 1. The number of hydrogen-bond acceptors (Lipinski definition) is 7. The number of carbonyl (C=O) groups is 1. The van der Waals surface area contributed by atoms with Crippen LogP contribution in [-0.2, 0) is 10.0 Å². The lowest BCUT2D eigenvalue weighted by molar-refractivity contribution is -0.384. The van der Waals surface area contributed by atoms with E-state index in [-0.39, 0.29) is 38.2 Å². The van der Waals surface area contributed by atoms with Crippen molar-refractivity contribution in [1.29, 1.82) is 0 Å². The third-order valence-electron chi connectivity index (χ3n) is 5.58. The zero-order valence-corrected chi connectivity index (χ0v) is 20.0. The monoisotopic (exact) mass is 515 g/mol. The number of halogens is 1. The van der Waals surface area contributed by atoms with E-state index in [9.17, 15) is 23.3 Å². The highest BCUT2D eigenvalue weighted by atomic mass is 35.5. The number of nitrogen functional groups attached to an aromatic ring is 1. The van der Waals surface area contributed by atoms with E-state index in [2.05, 4.69) is 10.0 Å². The number of benzene rings is 3. The van der Waals surface area contributed by atoms with Crippen LogP contribution in [0.2, 0.25) is 5.02 Å². The second-order valence-corrected chi connectivity index (χ2v) is 10.0. The lowest BCUT2D eigenvalue weighted by Crippen LogP contribution is -2.20. The van der Waals surface area contributed by atoms with Gasteiger partial charge in [-0.2, -0.15) is 0 Å². The van der Waals surface area contributed by atoms with Gasteiger partial charge in [0.1, 0.15) is 5.69 Å². The topological polar surface area (TPSA) is 148 Å². The van der Waals surface area contributed by atoms with Crippen molar-refractivity contribution in [3.05, 3.63) is 81.4 Å². The first-order valence-corrected chi connectivity index (χ1v) is 12.5. The van der Waals surface area contributed by atoms with Crippen LogP contribution in [0.3, 0.4) is 0 Å². The molecule has 1 amide bonds. The van der Waals surface area contributed by atoms with Crippen molar-refractivity contribution in [3.63, 3.8) is 0 Å². The SMILES string of the molecule is Nc1ccc(S(=O)(=O)Nc2ccccc2Cl)cc1NC(=O)c1ccc(N2CCCC2)c([N+](=O)[O-])c1. The molecule has 0 aliphatic carbocycles. The van der Waals surface area contributed by atoms with Gasteiger partial charge in [0.25, 0.3) is 21.6 Å². The molecule has 10 nitrogen and oxygen atoms in total. The first-order valence-electron chi connectivity index (χ1n) is 10.7. The van der Waals surface area contributed by atoms with Crippen LogP contribution in [0.15, 0.2) is 65.6 Å². The van der Waals surface area contributed by atoms with Gasteiger partial charge in [-0.3, -0.25) is 19.6 Å². The van der Waals surface area contributed by atoms with Crippen LogP contribution in [-0.4, -0.2) is 32.3 Å². The normalized spacial score (nSPS) is 13.5. The second-order valence-electron chi connectivity index (χ2n) is 7.94. The molecule has 0 atom stereocenters. The Morgan fingerprint density at radius 2 is 1.74 bits per heavy atom. The third-order valence-corrected chi connectivity index (χ3v) is 7.28. The van der Waals surface area contributed by atoms with E-state index in [1.165, 1.54) is 36.4 Å². The first kappa shape index (κ1) is 24.3. The van der Waals surface area contributed by atoms with Gasteiger partial charge in [0.2, 0.25) is 0 Å². The van der Waals surface area contributed by atoms with E-state index in [0.29, 0.717) is 18.8 Å². The largest absolute Gasteiger partial charge is 0.397 e. The maximum atomic E-state index is 12.9. The number of sulfonamides is 1. The Hall–Kier alpha value is -3.83. The molecule has 1 saturated heterocycles. The number of anilines is 4. The average Bonchev–Trinajstić information content (AvgIpc) is 3.36. The lowest BCUT2D eigenvalue weighted by atomic mass is 10.1. The van der Waals surface area contributed by atoms with Crippen molar-refractivity contribution in [2.45, 2.75) is 17.7 Å². The molecular formula is C23H22ClN5O5S. The van der Waals surface area contributed by atoms with Gasteiger partial charge in [0.05, 0.1) is 31.9 Å². The molecule has 1 aliphatic heterocycles. The molecule has 1 fully saturated rings. The molecule has 0 bridgehead atoms. The molecule has 4 N–H and O–H groups in total. The van der Waals surface area contributed by atoms with Gasteiger partial charge in [0.15, 0.2) is 0 Å². The predicted molar refractivity (Wildman–Crippen MR) is 136 cm³/mol. The van der Waals surface area contributed by atoms with Crippen LogP contribution < -0.4 is 20.7 Å². The van der Waals surface area contributed by atoms with E-state index in [1.807, 2.05) is 4.90 Å². The van der Waals surface area contributed by atoms with Crippen LogP contribution in [0.4, 0.5) is 28.4 Å². The van der Waals surface area contributed by atoms with E-state index < -0.39 is 20.9 Å². The molecule has 0 spiro atoms. The van der Waals surface area contributed by atoms with Crippen LogP contribution in [0, 0.1) is 10.1 Å². The number of nitrogens with one attached hydrogen (secondary N) is 2. The molecule has 35 heavy (non-hydrogen) atoms. The average molecular weight is 516 g/mol. The zero-order chi connectivity index (χ0) is 25.2. The second kappa shape index (κ2) is 9.80. The predicted octanol–water partition coefficient (Wildman–Crippen LogP) is 4.48. The molecule has 3 aromatic carbocycles. The van der Waals surface area contributed by atoms with E-state index in [1.54, 1.807) is 24.3 Å². The van der Waals surface area contributed by atoms with Crippen LogP contribution in [0.5, 0.6) is 0 Å². The number of nitrogens with two attached hydrogens (primary N) is 1. The summed E-state index contributed by atoms with van der Waals surface area (Å²) in [6.07, 6.45) is 1.90. The van der Waals surface area contributed by atoms with Crippen molar-refractivity contribution in [1.82, 2.24) is 0 Å². The van der Waals surface area contributed by atoms with Crippen LogP contribution in [0.25, 0.3) is 0 Å². The maximum absolute atomic E-state index is 12.9. The molecule has 0 aromatic heterocycles. The Labute approximate surface area is 206 Å². The van der Waals surface area contributed by atoms with E-state index in [0.717, 1.165) is 12.8 Å². The Bertz CT molecular complexity index is 1410. The van der Waals surface area contributed by atoms with E-state index in [4.69, 9.17) is 17.3 Å². The highest BCUT2D eigenvalue weighted by Gasteiger charge is 2.24. The van der Waals surface area contributed by atoms with Gasteiger partial charge in [-0.15, -0.1) is 0 Å². The Balaban J connectivity index is 1.59. The summed E-state index contributed by atoms with van der Waals surface area (Å²) in [6, 6.07) is 14.4. The van der Waals surface area contributed by atoms with Crippen molar-refractivity contribution in [2.24, 2.45) is 0 Å². The fourth-order valence-electron chi connectivity index (χ4n) is 3.79. The van der Waals surface area contributed by atoms with Gasteiger partial charge < -0.3 is 16.0 Å². The fraction of sp³-hybridized carbons (Fsp3) is 0.174. The van der Waals surface area contributed by atoms with Crippen LogP contribution in [0.1, 0.15) is 23.2 Å². The number of nitro benzene ring substituents is 1. The quantitative estimate of drug-likeness (QED) is 0.238. The number of hydrogen-bond donors (Lipinski definition) is 3. The smallest absolute Gasteiger partial charge is 0.293 e. The molecule has 0 radical (unpaired) electrons. The van der Waals surface area contributed by atoms with Gasteiger partial charge in [-0.1, -0.05) is 23.7 Å². The maximum Gasteiger partial charge on any atom is 0.293 e. The summed E-state index contributed by atoms with van der Waals surface area (Å²) in [5, 5.41) is 14.4. The number of nitro groups is 1. The van der Waals surface area contributed by atoms with Gasteiger partial charge in [0, 0.05) is 24.7 Å². The van der Waals surface area contributed by atoms with Gasteiger partial charge in [-0.05, 0) is 55.3 Å². The Kier molecular flexibility index (Phi) is 6.81. The lowest BCUT2D eigenvalue weighted by Gasteiger charge is -2.18. The van der Waals surface area contributed by atoms with Gasteiger partial charge >= 0.3 is 0 Å². The summed E-state index contributed by atoms with van der Waals surface area (Å²) in [6.45, 7) is 1.43. The fourth-order valence-corrected chi connectivity index (χ4v) is 5.13. The van der Waals surface area contributed by atoms with Crippen molar-refractivity contribution >= 4 is 56.0 Å². The zero-order valence-electron chi connectivity index (χ0n) is 18.4. The first-order chi connectivity index (χ1) is 16.7. The summed E-state index contributed by atoms with van der Waals surface area (Å²) in [5.74, 6) is -0.665. The van der Waals surface area contributed by atoms with Crippen LogP contribution >= 0.6 is 11.6 Å². The van der Waals surface area contributed by atoms with Gasteiger partial charge in [-0.25, -0.2) is 8.42 Å². The molecule has 0 saturated carbocycles. The summed E-state index contributed by atoms with van der Waals surface area (Å²) < 4.78 is 28.1. The molecule has 1 heterocycles. The van der Waals surface area contributed by atoms with Crippen molar-refractivity contribution < 1.29 is 18.1 Å².